The van der Waals surface area contributed by atoms with Crippen molar-refractivity contribution in [2.75, 3.05) is 42.6 Å². The number of rotatable bonds is 6. The number of benzene rings is 2. The number of alkyl halides is 3. The highest BCUT2D eigenvalue weighted by Gasteiger charge is 2.46. The van der Waals surface area contributed by atoms with Crippen LogP contribution in [0, 0.1) is 6.57 Å². The standard InChI is InChI=1S/C30H30F3N5O2/c1-3-40-28-22(5-4-14-36-28)20-6-8-23-26(17-20)38(27(39)10-13-34)19-29(23)11-15-37(16-12-29)25-9-7-21(30(31,32)33)18-24(25)35-2/h4-9,14,17-18H,3,10-13,15-16,19,34H2,1H3. The molecule has 2 aliphatic heterocycles. The van der Waals surface area contributed by atoms with E-state index in [2.05, 4.69) is 15.9 Å². The molecule has 0 saturated carbocycles. The van der Waals surface area contributed by atoms with Crippen molar-refractivity contribution in [2.24, 2.45) is 5.73 Å². The fraction of sp³-hybridized carbons (Fsp3) is 0.367. The third kappa shape index (κ3) is 4.97. The molecule has 10 heteroatoms. The average Bonchev–Trinajstić information content (AvgIpc) is 3.26. The summed E-state index contributed by atoms with van der Waals surface area (Å²) in [6.07, 6.45) is -1.24. The second kappa shape index (κ2) is 10.8. The Bertz CT molecular complexity index is 1460. The van der Waals surface area contributed by atoms with E-state index in [0.717, 1.165) is 34.5 Å². The van der Waals surface area contributed by atoms with Crippen LogP contribution >= 0.6 is 0 Å². The van der Waals surface area contributed by atoms with Crippen molar-refractivity contribution in [1.29, 1.82) is 0 Å². The van der Waals surface area contributed by atoms with Crippen LogP contribution < -0.4 is 20.3 Å². The largest absolute Gasteiger partial charge is 0.478 e. The van der Waals surface area contributed by atoms with Crippen molar-refractivity contribution in [3.05, 3.63) is 77.3 Å². The Kier molecular flexibility index (Phi) is 7.43. The quantitative estimate of drug-likeness (QED) is 0.385. The molecule has 5 rings (SSSR count). The van der Waals surface area contributed by atoms with Crippen LogP contribution in [-0.4, -0.2) is 43.7 Å². The Labute approximate surface area is 231 Å². The summed E-state index contributed by atoms with van der Waals surface area (Å²) in [6, 6.07) is 13.2. The minimum absolute atomic E-state index is 0.0106. The number of hydrogen-bond donors (Lipinski definition) is 1. The van der Waals surface area contributed by atoms with E-state index in [1.807, 2.05) is 41.0 Å². The molecular formula is C30H30F3N5O2. The minimum Gasteiger partial charge on any atom is -0.478 e. The van der Waals surface area contributed by atoms with Crippen molar-refractivity contribution in [3.8, 4) is 17.0 Å². The molecular weight excluding hydrogens is 519 g/mol. The Balaban J connectivity index is 1.47. The summed E-state index contributed by atoms with van der Waals surface area (Å²) in [7, 11) is 0. The van der Waals surface area contributed by atoms with Gasteiger partial charge in [-0.3, -0.25) is 4.79 Å². The number of nitrogens with zero attached hydrogens (tertiary/aromatic N) is 4. The summed E-state index contributed by atoms with van der Waals surface area (Å²) in [5.41, 5.74) is 8.73. The maximum absolute atomic E-state index is 13.2. The Morgan fingerprint density at radius 2 is 1.93 bits per heavy atom. The van der Waals surface area contributed by atoms with Gasteiger partial charge in [0, 0.05) is 66.7 Å². The molecule has 1 aromatic heterocycles. The number of ether oxygens (including phenoxy) is 1. The minimum atomic E-state index is -4.50. The molecule has 1 spiro atoms. The molecule has 0 atom stereocenters. The zero-order valence-corrected chi connectivity index (χ0v) is 22.2. The van der Waals surface area contributed by atoms with Crippen molar-refractivity contribution >= 4 is 23.0 Å². The summed E-state index contributed by atoms with van der Waals surface area (Å²) in [5.74, 6) is 0.479. The van der Waals surface area contributed by atoms with Gasteiger partial charge in [0.25, 0.3) is 0 Å². The normalized spacial score (nSPS) is 16.1. The maximum atomic E-state index is 13.2. The number of carbonyl (C=O) groups excluding carboxylic acids is 1. The molecule has 0 unspecified atom stereocenters. The molecule has 1 amide bonds. The number of piperidine rings is 1. The Hall–Kier alpha value is -4.10. The highest BCUT2D eigenvalue weighted by molar-refractivity contribution is 5.97. The van der Waals surface area contributed by atoms with Gasteiger partial charge in [0.05, 0.1) is 13.2 Å². The molecule has 1 fully saturated rings. The lowest BCUT2D eigenvalue weighted by Gasteiger charge is -2.41. The molecule has 2 aromatic carbocycles. The fourth-order valence-corrected chi connectivity index (χ4v) is 5.85. The number of amides is 1. The van der Waals surface area contributed by atoms with Gasteiger partial charge in [0.1, 0.15) is 0 Å². The van der Waals surface area contributed by atoms with Gasteiger partial charge in [-0.2, -0.15) is 13.2 Å². The molecule has 7 nitrogen and oxygen atoms in total. The van der Waals surface area contributed by atoms with E-state index < -0.39 is 11.7 Å². The van der Waals surface area contributed by atoms with Crippen LogP contribution in [0.1, 0.15) is 37.3 Å². The van der Waals surface area contributed by atoms with Gasteiger partial charge in [-0.05, 0) is 61.2 Å². The first kappa shape index (κ1) is 27.5. The van der Waals surface area contributed by atoms with Crippen molar-refractivity contribution in [1.82, 2.24) is 4.98 Å². The topological polar surface area (TPSA) is 76.0 Å². The van der Waals surface area contributed by atoms with Crippen LogP contribution in [0.2, 0.25) is 0 Å². The van der Waals surface area contributed by atoms with Crippen LogP contribution in [0.3, 0.4) is 0 Å². The number of nitrogens with two attached hydrogens (primary N) is 1. The van der Waals surface area contributed by atoms with E-state index in [-0.39, 0.29) is 30.0 Å². The molecule has 0 aliphatic carbocycles. The highest BCUT2D eigenvalue weighted by Crippen LogP contribution is 2.50. The third-order valence-electron chi connectivity index (χ3n) is 7.83. The average molecular weight is 550 g/mol. The van der Waals surface area contributed by atoms with E-state index in [1.54, 1.807) is 6.20 Å². The molecule has 208 valence electrons. The first-order valence-corrected chi connectivity index (χ1v) is 13.3. The lowest BCUT2D eigenvalue weighted by molar-refractivity contribution is -0.137. The molecule has 3 aromatic rings. The van der Waals surface area contributed by atoms with Crippen LogP contribution in [0.5, 0.6) is 5.88 Å². The van der Waals surface area contributed by atoms with E-state index in [4.69, 9.17) is 17.0 Å². The monoisotopic (exact) mass is 549 g/mol. The molecule has 1 saturated heterocycles. The number of carbonyl (C=O) groups is 1. The lowest BCUT2D eigenvalue weighted by Crippen LogP contribution is -2.46. The van der Waals surface area contributed by atoms with E-state index in [1.165, 1.54) is 6.07 Å². The van der Waals surface area contributed by atoms with Crippen LogP contribution in [0.15, 0.2) is 54.7 Å². The van der Waals surface area contributed by atoms with Gasteiger partial charge in [-0.1, -0.05) is 18.2 Å². The number of aromatic nitrogens is 1. The highest BCUT2D eigenvalue weighted by atomic mass is 19.4. The fourth-order valence-electron chi connectivity index (χ4n) is 5.85. The first-order chi connectivity index (χ1) is 19.2. The number of pyridine rings is 1. The van der Waals surface area contributed by atoms with Crippen LogP contribution in [0.4, 0.5) is 30.2 Å². The zero-order valence-electron chi connectivity index (χ0n) is 22.2. The predicted octanol–water partition coefficient (Wildman–Crippen LogP) is 5.95. The number of halogens is 3. The van der Waals surface area contributed by atoms with E-state index >= 15 is 0 Å². The van der Waals surface area contributed by atoms with Gasteiger partial charge < -0.3 is 20.3 Å². The van der Waals surface area contributed by atoms with Crippen molar-refractivity contribution in [2.45, 2.75) is 37.8 Å². The SMILES string of the molecule is [C-]#[N+]c1cc(C(F)(F)F)ccc1N1CCC2(CC1)CN(C(=O)CCN)c1cc(-c3cccnc3OCC)ccc12. The van der Waals surface area contributed by atoms with E-state index in [9.17, 15) is 18.0 Å². The third-order valence-corrected chi connectivity index (χ3v) is 7.83. The number of fused-ring (bicyclic) bond motifs is 2. The second-order valence-corrected chi connectivity index (χ2v) is 10.1. The van der Waals surface area contributed by atoms with Crippen molar-refractivity contribution in [3.63, 3.8) is 0 Å². The predicted molar refractivity (Wildman–Crippen MR) is 148 cm³/mol. The number of hydrogen-bond acceptors (Lipinski definition) is 5. The van der Waals surface area contributed by atoms with Gasteiger partial charge in [0.15, 0.2) is 0 Å². The van der Waals surface area contributed by atoms with Gasteiger partial charge >= 0.3 is 6.18 Å². The van der Waals surface area contributed by atoms with Crippen LogP contribution in [0.25, 0.3) is 16.0 Å². The Morgan fingerprint density at radius 3 is 2.60 bits per heavy atom. The number of anilines is 2. The molecule has 40 heavy (non-hydrogen) atoms. The maximum Gasteiger partial charge on any atom is 0.415 e. The summed E-state index contributed by atoms with van der Waals surface area (Å²) < 4.78 is 45.4. The smallest absolute Gasteiger partial charge is 0.415 e. The Morgan fingerprint density at radius 1 is 1.15 bits per heavy atom. The molecule has 0 bridgehead atoms. The summed E-state index contributed by atoms with van der Waals surface area (Å²) in [5, 5.41) is 0. The zero-order chi connectivity index (χ0) is 28.5. The summed E-state index contributed by atoms with van der Waals surface area (Å²) in [4.78, 5) is 24.8. The van der Waals surface area contributed by atoms with E-state index in [0.29, 0.717) is 50.7 Å². The molecule has 0 radical (unpaired) electrons. The van der Waals surface area contributed by atoms with Gasteiger partial charge in [-0.15, -0.1) is 0 Å². The van der Waals surface area contributed by atoms with Crippen LogP contribution in [-0.2, 0) is 16.4 Å². The second-order valence-electron chi connectivity index (χ2n) is 10.1. The molecule has 3 heterocycles. The molecule has 2 aliphatic rings. The molecule has 2 N–H and O–H groups in total. The lowest BCUT2D eigenvalue weighted by atomic mass is 9.74. The van der Waals surface area contributed by atoms with Gasteiger partial charge in [-0.25, -0.2) is 9.83 Å². The van der Waals surface area contributed by atoms with Crippen molar-refractivity contribution < 1.29 is 22.7 Å². The summed E-state index contributed by atoms with van der Waals surface area (Å²) in [6.45, 7) is 11.7. The van der Waals surface area contributed by atoms with Gasteiger partial charge in [0.2, 0.25) is 17.5 Å². The first-order valence-electron chi connectivity index (χ1n) is 13.3. The summed E-state index contributed by atoms with van der Waals surface area (Å²) >= 11 is 0.